The SMILES string of the molecule is CC(C)(C)C(=O)N(N)C(=O)c1cccc([N+](=O)[O-])c1. The van der Waals surface area contributed by atoms with Crippen molar-refractivity contribution < 1.29 is 14.5 Å². The largest absolute Gasteiger partial charge is 0.275 e. The molecule has 0 atom stereocenters. The second-order valence-electron chi connectivity index (χ2n) is 5.04. The molecule has 0 radical (unpaired) electrons. The Morgan fingerprint density at radius 2 is 1.89 bits per heavy atom. The lowest BCUT2D eigenvalue weighted by Gasteiger charge is -2.23. The van der Waals surface area contributed by atoms with E-state index in [1.165, 1.54) is 18.2 Å². The molecule has 0 aliphatic heterocycles. The maximum Gasteiger partial charge on any atom is 0.275 e. The molecular weight excluding hydrogens is 250 g/mol. The summed E-state index contributed by atoms with van der Waals surface area (Å²) >= 11 is 0. The van der Waals surface area contributed by atoms with Crippen LogP contribution in [0.1, 0.15) is 31.1 Å². The van der Waals surface area contributed by atoms with Gasteiger partial charge in [0, 0.05) is 23.1 Å². The number of carbonyl (C=O) groups excluding carboxylic acids is 2. The van der Waals surface area contributed by atoms with Gasteiger partial charge < -0.3 is 0 Å². The Bertz CT molecular complexity index is 534. The summed E-state index contributed by atoms with van der Waals surface area (Å²) in [5.74, 6) is 4.13. The van der Waals surface area contributed by atoms with Crippen LogP contribution in [0.2, 0.25) is 0 Å². The van der Waals surface area contributed by atoms with Crippen LogP contribution in [0.15, 0.2) is 24.3 Å². The zero-order chi connectivity index (χ0) is 14.8. The molecule has 0 saturated carbocycles. The number of imide groups is 1. The number of nitro benzene ring substituents is 1. The summed E-state index contributed by atoms with van der Waals surface area (Å²) in [6.07, 6.45) is 0. The average molecular weight is 265 g/mol. The van der Waals surface area contributed by atoms with E-state index >= 15 is 0 Å². The minimum Gasteiger partial charge on any atom is -0.272 e. The van der Waals surface area contributed by atoms with Crippen molar-refractivity contribution in [3.05, 3.63) is 39.9 Å². The molecule has 2 amide bonds. The molecule has 0 unspecified atom stereocenters. The summed E-state index contributed by atoms with van der Waals surface area (Å²) in [7, 11) is 0. The van der Waals surface area contributed by atoms with Gasteiger partial charge in [-0.15, -0.1) is 0 Å². The van der Waals surface area contributed by atoms with Gasteiger partial charge >= 0.3 is 0 Å². The van der Waals surface area contributed by atoms with Gasteiger partial charge in [0.25, 0.3) is 11.6 Å². The standard InChI is InChI=1S/C12H15N3O4/c1-12(2,3)11(17)14(13)10(16)8-5-4-6-9(7-8)15(18)19/h4-7H,13H2,1-3H3. The Hall–Kier alpha value is -2.28. The van der Waals surface area contributed by atoms with Gasteiger partial charge in [-0.2, -0.15) is 0 Å². The van der Waals surface area contributed by atoms with Crippen LogP contribution in [-0.4, -0.2) is 21.7 Å². The van der Waals surface area contributed by atoms with Crippen LogP contribution < -0.4 is 5.84 Å². The van der Waals surface area contributed by atoms with E-state index in [2.05, 4.69) is 0 Å². The van der Waals surface area contributed by atoms with Gasteiger partial charge in [-0.05, 0) is 6.07 Å². The van der Waals surface area contributed by atoms with Crippen LogP contribution in [0.3, 0.4) is 0 Å². The lowest BCUT2D eigenvalue weighted by atomic mass is 9.95. The van der Waals surface area contributed by atoms with Crippen molar-refractivity contribution in [3.8, 4) is 0 Å². The first-order valence-electron chi connectivity index (χ1n) is 5.52. The number of non-ortho nitro benzene ring substituents is 1. The van der Waals surface area contributed by atoms with E-state index in [1.807, 2.05) is 0 Å². The second kappa shape index (κ2) is 5.15. The Morgan fingerprint density at radius 1 is 1.32 bits per heavy atom. The van der Waals surface area contributed by atoms with Gasteiger partial charge in [-0.1, -0.05) is 26.8 Å². The van der Waals surface area contributed by atoms with Crippen LogP contribution in [-0.2, 0) is 4.79 Å². The van der Waals surface area contributed by atoms with Crippen molar-refractivity contribution in [1.29, 1.82) is 0 Å². The third-order valence-corrected chi connectivity index (χ3v) is 2.38. The highest BCUT2D eigenvalue weighted by molar-refractivity contribution is 6.05. The van der Waals surface area contributed by atoms with Crippen molar-refractivity contribution >= 4 is 17.5 Å². The number of carbonyl (C=O) groups is 2. The van der Waals surface area contributed by atoms with E-state index in [-0.39, 0.29) is 11.3 Å². The van der Waals surface area contributed by atoms with Crippen molar-refractivity contribution in [2.45, 2.75) is 20.8 Å². The molecular formula is C12H15N3O4. The number of rotatable bonds is 2. The van der Waals surface area contributed by atoms with Gasteiger partial charge in [-0.3, -0.25) is 19.7 Å². The zero-order valence-electron chi connectivity index (χ0n) is 10.9. The van der Waals surface area contributed by atoms with Crippen LogP contribution in [0.4, 0.5) is 5.69 Å². The topological polar surface area (TPSA) is 107 Å². The molecule has 1 aromatic carbocycles. The first-order valence-corrected chi connectivity index (χ1v) is 5.52. The van der Waals surface area contributed by atoms with Crippen molar-refractivity contribution in [2.75, 3.05) is 0 Å². The Morgan fingerprint density at radius 3 is 2.37 bits per heavy atom. The molecule has 2 N–H and O–H groups in total. The number of nitro groups is 1. The van der Waals surface area contributed by atoms with Crippen molar-refractivity contribution in [2.24, 2.45) is 11.3 Å². The third-order valence-electron chi connectivity index (χ3n) is 2.38. The maximum absolute atomic E-state index is 12.0. The summed E-state index contributed by atoms with van der Waals surface area (Å²) in [4.78, 5) is 33.8. The molecule has 0 spiro atoms. The fourth-order valence-electron chi connectivity index (χ4n) is 1.35. The van der Waals surface area contributed by atoms with Gasteiger partial charge in [-0.25, -0.2) is 10.9 Å². The summed E-state index contributed by atoms with van der Waals surface area (Å²) < 4.78 is 0. The number of amides is 2. The predicted molar refractivity (Wildman–Crippen MR) is 67.9 cm³/mol. The lowest BCUT2D eigenvalue weighted by molar-refractivity contribution is -0.384. The van der Waals surface area contributed by atoms with Gasteiger partial charge in [0.2, 0.25) is 5.91 Å². The number of hydrogen-bond acceptors (Lipinski definition) is 5. The Kier molecular flexibility index (Phi) is 4.01. The number of hydrogen-bond donors (Lipinski definition) is 1. The van der Waals surface area contributed by atoms with Gasteiger partial charge in [0.1, 0.15) is 0 Å². The summed E-state index contributed by atoms with van der Waals surface area (Å²) in [6, 6.07) is 5.06. The molecule has 1 rings (SSSR count). The molecule has 0 fully saturated rings. The van der Waals surface area contributed by atoms with Gasteiger partial charge in [0.05, 0.1) is 4.92 Å². The smallest absolute Gasteiger partial charge is 0.272 e. The van der Waals surface area contributed by atoms with E-state index in [0.29, 0.717) is 5.01 Å². The molecule has 102 valence electrons. The maximum atomic E-state index is 12.0. The minimum absolute atomic E-state index is 0.00528. The highest BCUT2D eigenvalue weighted by Crippen LogP contribution is 2.19. The normalized spacial score (nSPS) is 10.9. The predicted octanol–water partition coefficient (Wildman–Crippen LogP) is 1.48. The number of hydrazine groups is 1. The molecule has 0 aromatic heterocycles. The van der Waals surface area contributed by atoms with Crippen molar-refractivity contribution in [1.82, 2.24) is 5.01 Å². The quantitative estimate of drug-likeness (QED) is 0.377. The fraction of sp³-hybridized carbons (Fsp3) is 0.333. The molecule has 7 heteroatoms. The van der Waals surface area contributed by atoms with Crippen LogP contribution in [0.5, 0.6) is 0 Å². The first kappa shape index (κ1) is 14.8. The van der Waals surface area contributed by atoms with E-state index in [9.17, 15) is 19.7 Å². The zero-order valence-corrected chi connectivity index (χ0v) is 10.9. The van der Waals surface area contributed by atoms with Crippen LogP contribution in [0.25, 0.3) is 0 Å². The molecule has 19 heavy (non-hydrogen) atoms. The summed E-state index contributed by atoms with van der Waals surface area (Å²) in [5, 5.41) is 11.1. The summed E-state index contributed by atoms with van der Waals surface area (Å²) in [5.41, 5.74) is -1.05. The van der Waals surface area contributed by atoms with E-state index in [4.69, 9.17) is 5.84 Å². The second-order valence-corrected chi connectivity index (χ2v) is 5.04. The monoisotopic (exact) mass is 265 g/mol. The number of nitrogens with zero attached hydrogens (tertiary/aromatic N) is 2. The van der Waals surface area contributed by atoms with E-state index < -0.39 is 22.2 Å². The fourth-order valence-corrected chi connectivity index (χ4v) is 1.35. The van der Waals surface area contributed by atoms with E-state index in [0.717, 1.165) is 6.07 Å². The highest BCUT2D eigenvalue weighted by Gasteiger charge is 2.30. The number of nitrogens with two attached hydrogens (primary N) is 1. The average Bonchev–Trinajstić information content (AvgIpc) is 2.35. The molecule has 7 nitrogen and oxygen atoms in total. The van der Waals surface area contributed by atoms with E-state index in [1.54, 1.807) is 20.8 Å². The minimum atomic E-state index is -0.814. The lowest BCUT2D eigenvalue weighted by Crippen LogP contribution is -2.48. The first-order chi connectivity index (χ1) is 8.64. The van der Waals surface area contributed by atoms with Crippen LogP contribution >= 0.6 is 0 Å². The molecule has 0 aliphatic carbocycles. The Balaban J connectivity index is 3.04. The molecule has 0 bridgehead atoms. The van der Waals surface area contributed by atoms with Crippen LogP contribution in [0, 0.1) is 15.5 Å². The Labute approximate surface area is 110 Å². The highest BCUT2D eigenvalue weighted by atomic mass is 16.6. The molecule has 0 heterocycles. The van der Waals surface area contributed by atoms with Gasteiger partial charge in [0.15, 0.2) is 0 Å². The third kappa shape index (κ3) is 3.35. The molecule has 0 saturated heterocycles. The van der Waals surface area contributed by atoms with Crippen molar-refractivity contribution in [3.63, 3.8) is 0 Å². The molecule has 1 aromatic rings. The number of benzene rings is 1. The molecule has 0 aliphatic rings. The summed E-state index contributed by atoms with van der Waals surface area (Å²) in [6.45, 7) is 4.86.